The van der Waals surface area contributed by atoms with E-state index in [1.54, 1.807) is 13.3 Å². The molecule has 1 N–H and O–H groups in total. The first-order valence-electron chi connectivity index (χ1n) is 6.70. The van der Waals surface area contributed by atoms with E-state index in [1.807, 2.05) is 6.92 Å². The summed E-state index contributed by atoms with van der Waals surface area (Å²) >= 11 is 3.37. The van der Waals surface area contributed by atoms with Gasteiger partial charge in [-0.1, -0.05) is 6.92 Å². The third-order valence-electron chi connectivity index (χ3n) is 3.50. The number of hydrogen-bond donors (Lipinski definition) is 1. The van der Waals surface area contributed by atoms with E-state index in [9.17, 15) is 4.79 Å². The highest BCUT2D eigenvalue weighted by molar-refractivity contribution is 9.10. The molecular formula is C13H20BrN3O2. The van der Waals surface area contributed by atoms with E-state index in [0.717, 1.165) is 31.4 Å². The second-order valence-electron chi connectivity index (χ2n) is 4.91. The van der Waals surface area contributed by atoms with Gasteiger partial charge in [0, 0.05) is 19.7 Å². The van der Waals surface area contributed by atoms with Gasteiger partial charge >= 0.3 is 0 Å². The lowest BCUT2D eigenvalue weighted by molar-refractivity contribution is 0.108. The highest BCUT2D eigenvalue weighted by atomic mass is 79.9. The first kappa shape index (κ1) is 14.5. The monoisotopic (exact) mass is 329 g/mol. The Labute approximate surface area is 121 Å². The highest BCUT2D eigenvalue weighted by Crippen LogP contribution is 2.26. The van der Waals surface area contributed by atoms with Crippen LogP contribution in [0.25, 0.3) is 0 Å². The van der Waals surface area contributed by atoms with Crippen molar-refractivity contribution in [2.75, 3.05) is 12.4 Å². The SMILES string of the molecule is CCCn1ncc(NC2CCC(OC)C2)c(Br)c1=O. The van der Waals surface area contributed by atoms with Crippen molar-refractivity contribution in [2.24, 2.45) is 0 Å². The summed E-state index contributed by atoms with van der Waals surface area (Å²) in [5.74, 6) is 0. The second kappa shape index (κ2) is 6.52. The lowest BCUT2D eigenvalue weighted by Gasteiger charge is -2.15. The summed E-state index contributed by atoms with van der Waals surface area (Å²) in [5.41, 5.74) is 0.701. The summed E-state index contributed by atoms with van der Waals surface area (Å²) in [7, 11) is 1.75. The Morgan fingerprint density at radius 2 is 2.37 bits per heavy atom. The minimum absolute atomic E-state index is 0.0758. The number of nitrogens with zero attached hydrogens (tertiary/aromatic N) is 2. The maximum absolute atomic E-state index is 12.1. The van der Waals surface area contributed by atoms with Crippen LogP contribution in [0.2, 0.25) is 0 Å². The van der Waals surface area contributed by atoms with Crippen LogP contribution in [0.1, 0.15) is 32.6 Å². The Balaban J connectivity index is 2.09. The zero-order chi connectivity index (χ0) is 13.8. The first-order chi connectivity index (χ1) is 9.15. The molecule has 0 aromatic carbocycles. The lowest BCUT2D eigenvalue weighted by Crippen LogP contribution is -2.26. The molecule has 2 rings (SSSR count). The fourth-order valence-electron chi connectivity index (χ4n) is 2.44. The van der Waals surface area contributed by atoms with E-state index >= 15 is 0 Å². The van der Waals surface area contributed by atoms with Gasteiger partial charge < -0.3 is 10.1 Å². The largest absolute Gasteiger partial charge is 0.381 e. The molecule has 0 radical (unpaired) electrons. The Kier molecular flexibility index (Phi) is 4.99. The van der Waals surface area contributed by atoms with Crippen LogP contribution in [-0.4, -0.2) is 29.0 Å². The molecule has 1 aromatic rings. The van der Waals surface area contributed by atoms with Crippen LogP contribution in [0.4, 0.5) is 5.69 Å². The summed E-state index contributed by atoms with van der Waals surface area (Å²) in [6, 6.07) is 0.351. The van der Waals surface area contributed by atoms with E-state index in [-0.39, 0.29) is 5.56 Å². The molecule has 19 heavy (non-hydrogen) atoms. The molecule has 0 saturated heterocycles. The van der Waals surface area contributed by atoms with Gasteiger partial charge in [0.05, 0.1) is 18.0 Å². The maximum Gasteiger partial charge on any atom is 0.283 e. The molecule has 2 unspecified atom stereocenters. The van der Waals surface area contributed by atoms with Crippen molar-refractivity contribution >= 4 is 21.6 Å². The van der Waals surface area contributed by atoms with Gasteiger partial charge in [-0.05, 0) is 41.6 Å². The van der Waals surface area contributed by atoms with Gasteiger partial charge in [0.2, 0.25) is 0 Å². The molecule has 1 fully saturated rings. The Hall–Kier alpha value is -0.880. The van der Waals surface area contributed by atoms with Gasteiger partial charge in [-0.3, -0.25) is 4.79 Å². The van der Waals surface area contributed by atoms with E-state index in [4.69, 9.17) is 4.74 Å². The first-order valence-corrected chi connectivity index (χ1v) is 7.50. The summed E-state index contributed by atoms with van der Waals surface area (Å²) in [6.45, 7) is 2.67. The van der Waals surface area contributed by atoms with Crippen molar-refractivity contribution < 1.29 is 4.74 Å². The molecule has 0 spiro atoms. The normalized spacial score (nSPS) is 22.7. The molecule has 6 heteroatoms. The molecule has 1 aromatic heterocycles. The second-order valence-corrected chi connectivity index (χ2v) is 5.71. The van der Waals surface area contributed by atoms with Crippen LogP contribution in [0.15, 0.2) is 15.5 Å². The smallest absolute Gasteiger partial charge is 0.283 e. The number of ether oxygens (including phenoxy) is 1. The van der Waals surface area contributed by atoms with E-state index < -0.39 is 0 Å². The predicted octanol–water partition coefficient (Wildman–Crippen LogP) is 2.40. The molecular weight excluding hydrogens is 310 g/mol. The number of methoxy groups -OCH3 is 1. The third-order valence-corrected chi connectivity index (χ3v) is 4.26. The van der Waals surface area contributed by atoms with Gasteiger partial charge in [-0.2, -0.15) is 5.10 Å². The van der Waals surface area contributed by atoms with Crippen LogP contribution >= 0.6 is 15.9 Å². The van der Waals surface area contributed by atoms with Crippen LogP contribution in [0.3, 0.4) is 0 Å². The average Bonchev–Trinajstić information content (AvgIpc) is 2.86. The van der Waals surface area contributed by atoms with Crippen LogP contribution in [0, 0.1) is 0 Å². The number of hydrogen-bond acceptors (Lipinski definition) is 4. The number of halogens is 1. The van der Waals surface area contributed by atoms with Crippen molar-refractivity contribution in [1.82, 2.24) is 9.78 Å². The molecule has 1 aliphatic rings. The number of aryl methyl sites for hydroxylation is 1. The van der Waals surface area contributed by atoms with Crippen LogP contribution in [-0.2, 0) is 11.3 Å². The summed E-state index contributed by atoms with van der Waals surface area (Å²) in [4.78, 5) is 12.1. The molecule has 0 bridgehead atoms. The Bertz CT molecular complexity index is 489. The molecule has 1 aliphatic carbocycles. The van der Waals surface area contributed by atoms with Gasteiger partial charge in [-0.15, -0.1) is 0 Å². The average molecular weight is 330 g/mol. The fraction of sp³-hybridized carbons (Fsp3) is 0.692. The van der Waals surface area contributed by atoms with Gasteiger partial charge in [0.1, 0.15) is 4.47 Å². The van der Waals surface area contributed by atoms with Crippen molar-refractivity contribution in [2.45, 2.75) is 51.3 Å². The molecule has 1 saturated carbocycles. The predicted molar refractivity (Wildman–Crippen MR) is 78.5 cm³/mol. The van der Waals surface area contributed by atoms with E-state index in [0.29, 0.717) is 23.2 Å². The highest BCUT2D eigenvalue weighted by Gasteiger charge is 2.25. The van der Waals surface area contributed by atoms with Gasteiger partial charge in [0.25, 0.3) is 5.56 Å². The zero-order valence-corrected chi connectivity index (χ0v) is 12.9. The van der Waals surface area contributed by atoms with Crippen molar-refractivity contribution in [3.63, 3.8) is 0 Å². The molecule has 0 amide bonds. The van der Waals surface area contributed by atoms with Gasteiger partial charge in [0.15, 0.2) is 0 Å². The minimum Gasteiger partial charge on any atom is -0.381 e. The van der Waals surface area contributed by atoms with Crippen molar-refractivity contribution in [3.05, 3.63) is 21.0 Å². The molecule has 1 heterocycles. The number of anilines is 1. The van der Waals surface area contributed by atoms with E-state index in [1.165, 1.54) is 4.68 Å². The molecule has 106 valence electrons. The fourth-order valence-corrected chi connectivity index (χ4v) is 2.86. The number of nitrogens with one attached hydrogen (secondary N) is 1. The third kappa shape index (κ3) is 3.36. The standard InChI is InChI=1S/C13H20BrN3O2/c1-3-6-17-13(18)12(14)11(8-15-17)16-9-4-5-10(7-9)19-2/h8-10,16H,3-7H2,1-2H3. The minimum atomic E-state index is -0.0758. The zero-order valence-electron chi connectivity index (χ0n) is 11.4. The molecule has 5 nitrogen and oxygen atoms in total. The quantitative estimate of drug-likeness (QED) is 0.901. The Morgan fingerprint density at radius 1 is 1.58 bits per heavy atom. The summed E-state index contributed by atoms with van der Waals surface area (Å²) < 4.78 is 7.41. The molecule has 2 atom stereocenters. The maximum atomic E-state index is 12.1. The lowest BCUT2D eigenvalue weighted by atomic mass is 10.2. The summed E-state index contributed by atoms with van der Waals surface area (Å²) in [6.07, 6.45) is 6.03. The summed E-state index contributed by atoms with van der Waals surface area (Å²) in [5, 5.41) is 7.57. The topological polar surface area (TPSA) is 56.1 Å². The molecule has 0 aliphatic heterocycles. The van der Waals surface area contributed by atoms with Crippen LogP contribution in [0.5, 0.6) is 0 Å². The number of aromatic nitrogens is 2. The van der Waals surface area contributed by atoms with E-state index in [2.05, 4.69) is 26.3 Å². The van der Waals surface area contributed by atoms with Crippen molar-refractivity contribution in [1.29, 1.82) is 0 Å². The van der Waals surface area contributed by atoms with Gasteiger partial charge in [-0.25, -0.2) is 4.68 Å². The van der Waals surface area contributed by atoms with Crippen LogP contribution < -0.4 is 10.9 Å². The van der Waals surface area contributed by atoms with Crippen molar-refractivity contribution in [3.8, 4) is 0 Å². The Morgan fingerprint density at radius 3 is 3.00 bits per heavy atom. The number of rotatable bonds is 5.